The van der Waals surface area contributed by atoms with Crippen LogP contribution in [0.5, 0.6) is 0 Å². The van der Waals surface area contributed by atoms with E-state index in [0.717, 1.165) is 10.4 Å². The summed E-state index contributed by atoms with van der Waals surface area (Å²) >= 11 is 1.60. The number of hydrogen-bond donors (Lipinski definition) is 0. The van der Waals surface area contributed by atoms with E-state index in [2.05, 4.69) is 0 Å². The van der Waals surface area contributed by atoms with Gasteiger partial charge in [-0.25, -0.2) is 8.42 Å². The van der Waals surface area contributed by atoms with Gasteiger partial charge in [-0.1, -0.05) is 12.1 Å². The van der Waals surface area contributed by atoms with Crippen molar-refractivity contribution in [3.8, 4) is 0 Å². The van der Waals surface area contributed by atoms with Gasteiger partial charge in [-0.2, -0.15) is 4.31 Å². The number of rotatable bonds is 6. The SMILES string of the molecule is CCN(Cc1cccs1)C(=O)c1cc(S(=O)(=O)N2CCOCC2)ccc1C. The van der Waals surface area contributed by atoms with Crippen LogP contribution in [-0.4, -0.2) is 56.4 Å². The molecule has 27 heavy (non-hydrogen) atoms. The minimum Gasteiger partial charge on any atom is -0.379 e. The normalized spacial score (nSPS) is 15.6. The van der Waals surface area contributed by atoms with Crippen LogP contribution in [0.2, 0.25) is 0 Å². The smallest absolute Gasteiger partial charge is 0.254 e. The Labute approximate surface area is 164 Å². The number of thiophene rings is 1. The molecule has 1 aliphatic heterocycles. The molecule has 2 aromatic rings. The summed E-state index contributed by atoms with van der Waals surface area (Å²) in [6.07, 6.45) is 0. The van der Waals surface area contributed by atoms with Gasteiger partial charge in [0.25, 0.3) is 5.91 Å². The number of ether oxygens (including phenoxy) is 1. The predicted octanol–water partition coefficient (Wildman–Crippen LogP) is 2.74. The van der Waals surface area contributed by atoms with E-state index in [-0.39, 0.29) is 10.8 Å². The minimum absolute atomic E-state index is 0.151. The Morgan fingerprint density at radius 3 is 2.63 bits per heavy atom. The number of hydrogen-bond acceptors (Lipinski definition) is 5. The number of sulfonamides is 1. The zero-order valence-corrected chi connectivity index (χ0v) is 17.2. The first-order valence-electron chi connectivity index (χ1n) is 8.93. The zero-order chi connectivity index (χ0) is 19.4. The van der Waals surface area contributed by atoms with Crippen LogP contribution in [0.3, 0.4) is 0 Å². The third-order valence-electron chi connectivity index (χ3n) is 4.64. The number of carbonyl (C=O) groups is 1. The molecule has 1 saturated heterocycles. The number of nitrogens with zero attached hydrogens (tertiary/aromatic N) is 2. The molecule has 146 valence electrons. The average molecular weight is 409 g/mol. The molecule has 0 aliphatic carbocycles. The summed E-state index contributed by atoms with van der Waals surface area (Å²) in [6, 6.07) is 8.75. The van der Waals surface area contributed by atoms with Crippen molar-refractivity contribution in [2.75, 3.05) is 32.8 Å². The molecule has 1 amide bonds. The number of amides is 1. The summed E-state index contributed by atoms with van der Waals surface area (Å²) in [7, 11) is -3.63. The highest BCUT2D eigenvalue weighted by atomic mass is 32.2. The number of morpholine rings is 1. The molecule has 0 N–H and O–H groups in total. The summed E-state index contributed by atoms with van der Waals surface area (Å²) in [5.41, 5.74) is 1.20. The summed E-state index contributed by atoms with van der Waals surface area (Å²) in [5.74, 6) is -0.151. The third kappa shape index (κ3) is 4.40. The van der Waals surface area contributed by atoms with E-state index < -0.39 is 10.0 Å². The number of benzene rings is 1. The quantitative estimate of drug-likeness (QED) is 0.737. The maximum Gasteiger partial charge on any atom is 0.254 e. The monoisotopic (exact) mass is 408 g/mol. The van der Waals surface area contributed by atoms with Gasteiger partial charge in [0, 0.05) is 30.1 Å². The molecule has 0 saturated carbocycles. The molecule has 1 aliphatic rings. The number of carbonyl (C=O) groups excluding carboxylic acids is 1. The molecule has 0 radical (unpaired) electrons. The Balaban J connectivity index is 1.89. The topological polar surface area (TPSA) is 66.9 Å². The van der Waals surface area contributed by atoms with Crippen LogP contribution in [0.1, 0.15) is 27.7 Å². The highest BCUT2D eigenvalue weighted by Gasteiger charge is 2.28. The summed E-state index contributed by atoms with van der Waals surface area (Å²) in [6.45, 7) is 6.27. The first-order chi connectivity index (χ1) is 12.9. The Kier molecular flexibility index (Phi) is 6.31. The van der Waals surface area contributed by atoms with Gasteiger partial charge in [-0.15, -0.1) is 11.3 Å². The second-order valence-electron chi connectivity index (χ2n) is 6.39. The lowest BCUT2D eigenvalue weighted by atomic mass is 10.1. The Morgan fingerprint density at radius 2 is 2.00 bits per heavy atom. The van der Waals surface area contributed by atoms with Crippen molar-refractivity contribution in [2.24, 2.45) is 0 Å². The van der Waals surface area contributed by atoms with Crippen LogP contribution < -0.4 is 0 Å². The van der Waals surface area contributed by atoms with Crippen molar-refractivity contribution in [1.82, 2.24) is 9.21 Å². The Hall–Kier alpha value is -1.74. The summed E-state index contributed by atoms with van der Waals surface area (Å²) < 4.78 is 32.5. The Morgan fingerprint density at radius 1 is 1.26 bits per heavy atom. The molecule has 6 nitrogen and oxygen atoms in total. The second kappa shape index (κ2) is 8.52. The predicted molar refractivity (Wildman–Crippen MR) is 105 cm³/mol. The van der Waals surface area contributed by atoms with E-state index in [4.69, 9.17) is 4.74 Å². The molecule has 1 aromatic carbocycles. The van der Waals surface area contributed by atoms with E-state index in [1.165, 1.54) is 10.4 Å². The van der Waals surface area contributed by atoms with Crippen LogP contribution >= 0.6 is 11.3 Å². The summed E-state index contributed by atoms with van der Waals surface area (Å²) in [4.78, 5) is 16.1. The lowest BCUT2D eigenvalue weighted by molar-refractivity contribution is 0.0729. The molecule has 0 atom stereocenters. The standard InChI is InChI=1S/C19H24N2O4S2/c1-3-20(14-16-5-4-12-26-16)19(22)18-13-17(7-6-15(18)2)27(23,24)21-8-10-25-11-9-21/h4-7,12-13H,3,8-11,14H2,1-2H3. The maximum atomic E-state index is 13.1. The first-order valence-corrected chi connectivity index (χ1v) is 11.3. The van der Waals surface area contributed by atoms with Crippen LogP contribution in [0.4, 0.5) is 0 Å². The van der Waals surface area contributed by atoms with Gasteiger partial charge in [0.2, 0.25) is 10.0 Å². The second-order valence-corrected chi connectivity index (χ2v) is 9.36. The fourth-order valence-electron chi connectivity index (χ4n) is 3.02. The van der Waals surface area contributed by atoms with Crippen LogP contribution in [0.25, 0.3) is 0 Å². The lowest BCUT2D eigenvalue weighted by Gasteiger charge is -2.26. The molecule has 0 bridgehead atoms. The van der Waals surface area contributed by atoms with Gasteiger partial charge in [-0.3, -0.25) is 4.79 Å². The molecular formula is C19H24N2O4S2. The maximum absolute atomic E-state index is 13.1. The summed E-state index contributed by atoms with van der Waals surface area (Å²) in [5, 5.41) is 1.98. The van der Waals surface area contributed by atoms with E-state index in [0.29, 0.717) is 45.0 Å². The van der Waals surface area contributed by atoms with Gasteiger partial charge in [0.1, 0.15) is 0 Å². The molecule has 0 spiro atoms. The molecule has 3 rings (SSSR count). The third-order valence-corrected chi connectivity index (χ3v) is 7.40. The highest BCUT2D eigenvalue weighted by molar-refractivity contribution is 7.89. The number of aryl methyl sites for hydroxylation is 1. The van der Waals surface area contributed by atoms with Crippen molar-refractivity contribution >= 4 is 27.3 Å². The van der Waals surface area contributed by atoms with E-state index in [1.807, 2.05) is 31.4 Å². The van der Waals surface area contributed by atoms with Gasteiger partial charge in [0.05, 0.1) is 24.7 Å². The van der Waals surface area contributed by atoms with Gasteiger partial charge in [0.15, 0.2) is 0 Å². The van der Waals surface area contributed by atoms with Gasteiger partial charge in [-0.05, 0) is 43.0 Å². The van der Waals surface area contributed by atoms with E-state index in [9.17, 15) is 13.2 Å². The largest absolute Gasteiger partial charge is 0.379 e. The van der Waals surface area contributed by atoms with Crippen molar-refractivity contribution in [2.45, 2.75) is 25.3 Å². The van der Waals surface area contributed by atoms with E-state index >= 15 is 0 Å². The first kappa shape index (κ1) is 20.0. The molecule has 2 heterocycles. The van der Waals surface area contributed by atoms with Crippen LogP contribution in [0, 0.1) is 6.92 Å². The zero-order valence-electron chi connectivity index (χ0n) is 15.6. The molecular weight excluding hydrogens is 384 g/mol. The molecule has 1 fully saturated rings. The van der Waals surface area contributed by atoms with Crippen molar-refractivity contribution < 1.29 is 17.9 Å². The van der Waals surface area contributed by atoms with E-state index in [1.54, 1.807) is 28.4 Å². The lowest BCUT2D eigenvalue weighted by Crippen LogP contribution is -2.40. The van der Waals surface area contributed by atoms with Crippen molar-refractivity contribution in [3.63, 3.8) is 0 Å². The van der Waals surface area contributed by atoms with Gasteiger partial charge < -0.3 is 9.64 Å². The Bertz CT molecular complexity index is 888. The molecule has 0 unspecified atom stereocenters. The van der Waals surface area contributed by atoms with Crippen molar-refractivity contribution in [1.29, 1.82) is 0 Å². The van der Waals surface area contributed by atoms with Crippen LogP contribution in [0.15, 0.2) is 40.6 Å². The minimum atomic E-state index is -3.63. The van der Waals surface area contributed by atoms with Crippen LogP contribution in [-0.2, 0) is 21.3 Å². The van der Waals surface area contributed by atoms with Crippen molar-refractivity contribution in [3.05, 3.63) is 51.7 Å². The highest BCUT2D eigenvalue weighted by Crippen LogP contribution is 2.22. The fourth-order valence-corrected chi connectivity index (χ4v) is 5.17. The average Bonchev–Trinajstić information content (AvgIpc) is 3.19. The fraction of sp³-hybridized carbons (Fsp3) is 0.421. The van der Waals surface area contributed by atoms with Gasteiger partial charge >= 0.3 is 0 Å². The molecule has 8 heteroatoms. The molecule has 1 aromatic heterocycles.